The molecule has 0 radical (unpaired) electrons. The first kappa shape index (κ1) is 20.9. The summed E-state index contributed by atoms with van der Waals surface area (Å²) >= 11 is 5.74. The van der Waals surface area contributed by atoms with E-state index < -0.39 is 15.8 Å². The third-order valence-corrected chi connectivity index (χ3v) is 7.35. The minimum atomic E-state index is -3.71. The number of fused-ring (bicyclic) bond motifs is 1. The number of rotatable bonds is 4. The van der Waals surface area contributed by atoms with Crippen LogP contribution in [0.2, 0.25) is 5.02 Å². The summed E-state index contributed by atoms with van der Waals surface area (Å²) in [7, 11) is -3.71. The zero-order valence-electron chi connectivity index (χ0n) is 15.9. The van der Waals surface area contributed by atoms with Crippen molar-refractivity contribution in [1.82, 2.24) is 4.31 Å². The molecule has 0 spiro atoms. The largest absolute Gasteiger partial charge is 0.486 e. The predicted molar refractivity (Wildman–Crippen MR) is 109 cm³/mol. The topological polar surface area (TPSA) is 84.9 Å². The van der Waals surface area contributed by atoms with Gasteiger partial charge in [-0.1, -0.05) is 11.6 Å². The second-order valence-corrected chi connectivity index (χ2v) is 9.45. The molecule has 10 heteroatoms. The lowest BCUT2D eigenvalue weighted by Crippen LogP contribution is -2.41. The molecule has 2 heterocycles. The highest BCUT2D eigenvalue weighted by molar-refractivity contribution is 7.89. The van der Waals surface area contributed by atoms with Gasteiger partial charge in [-0.2, -0.15) is 4.31 Å². The van der Waals surface area contributed by atoms with Gasteiger partial charge in [-0.3, -0.25) is 4.79 Å². The molecule has 0 unspecified atom stereocenters. The molecule has 2 aliphatic heterocycles. The fourth-order valence-electron chi connectivity index (χ4n) is 3.51. The average Bonchev–Trinajstić information content (AvgIpc) is 2.76. The van der Waals surface area contributed by atoms with Gasteiger partial charge in [0.05, 0.1) is 9.92 Å². The molecule has 160 valence electrons. The Kier molecular flexibility index (Phi) is 5.86. The summed E-state index contributed by atoms with van der Waals surface area (Å²) in [5, 5.41) is 2.63. The van der Waals surface area contributed by atoms with E-state index in [1.807, 2.05) is 0 Å². The Balaban J connectivity index is 1.39. The van der Waals surface area contributed by atoms with Gasteiger partial charge in [0.25, 0.3) is 0 Å². The zero-order valence-corrected chi connectivity index (χ0v) is 17.5. The van der Waals surface area contributed by atoms with Crippen LogP contribution in [-0.4, -0.2) is 44.9 Å². The lowest BCUT2D eigenvalue weighted by atomic mass is 9.97. The number of nitrogens with zero attached hydrogens (tertiary/aromatic N) is 1. The summed E-state index contributed by atoms with van der Waals surface area (Å²) in [5.41, 5.74) is 0.401. The first-order valence-electron chi connectivity index (χ1n) is 9.50. The van der Waals surface area contributed by atoms with Crippen LogP contribution >= 0.6 is 11.6 Å². The Morgan fingerprint density at radius 2 is 1.77 bits per heavy atom. The van der Waals surface area contributed by atoms with E-state index in [1.54, 1.807) is 6.07 Å². The van der Waals surface area contributed by atoms with E-state index in [1.165, 1.54) is 34.6 Å². The summed E-state index contributed by atoms with van der Waals surface area (Å²) in [4.78, 5) is 12.6. The minimum Gasteiger partial charge on any atom is -0.486 e. The molecule has 30 heavy (non-hydrogen) atoms. The van der Waals surface area contributed by atoms with Crippen LogP contribution in [0.25, 0.3) is 0 Å². The fraction of sp³-hybridized carbons (Fsp3) is 0.350. The molecular weight excluding hydrogens is 435 g/mol. The standard InChI is InChI=1S/C20H20ClFN2O5S/c21-16-11-14(1-3-17(16)22)23-20(25)13-5-7-24(8-6-13)30(26,27)15-2-4-18-19(12-15)29-10-9-28-18/h1-4,11-13H,5-10H2,(H,23,25). The third-order valence-electron chi connectivity index (χ3n) is 5.16. The highest BCUT2D eigenvalue weighted by Gasteiger charge is 2.33. The summed E-state index contributed by atoms with van der Waals surface area (Å²) in [6.45, 7) is 1.24. The molecule has 0 bridgehead atoms. The average molecular weight is 455 g/mol. The molecule has 2 aromatic rings. The van der Waals surface area contributed by atoms with Gasteiger partial charge in [-0.25, -0.2) is 12.8 Å². The number of halogens is 2. The fourth-order valence-corrected chi connectivity index (χ4v) is 5.18. The summed E-state index contributed by atoms with van der Waals surface area (Å²) in [5.74, 6) is -0.215. The van der Waals surface area contributed by atoms with Crippen molar-refractivity contribution in [1.29, 1.82) is 0 Å². The molecule has 0 aliphatic carbocycles. The van der Waals surface area contributed by atoms with E-state index in [-0.39, 0.29) is 34.8 Å². The molecule has 0 saturated carbocycles. The number of nitrogens with one attached hydrogen (secondary N) is 1. The number of carbonyl (C=O) groups excluding carboxylic acids is 1. The zero-order chi connectivity index (χ0) is 21.3. The number of hydrogen-bond acceptors (Lipinski definition) is 5. The Hall–Kier alpha value is -2.36. The minimum absolute atomic E-state index is 0.0758. The number of hydrogen-bond donors (Lipinski definition) is 1. The number of anilines is 1. The second-order valence-electron chi connectivity index (χ2n) is 7.10. The summed E-state index contributed by atoms with van der Waals surface area (Å²) in [6, 6.07) is 8.52. The van der Waals surface area contributed by atoms with Crippen molar-refractivity contribution in [3.63, 3.8) is 0 Å². The molecule has 7 nitrogen and oxygen atoms in total. The molecule has 2 aromatic carbocycles. The number of benzene rings is 2. The van der Waals surface area contributed by atoms with Crippen molar-refractivity contribution in [3.05, 3.63) is 47.2 Å². The molecule has 4 rings (SSSR count). The van der Waals surface area contributed by atoms with Crippen LogP contribution in [0.4, 0.5) is 10.1 Å². The summed E-state index contributed by atoms with van der Waals surface area (Å²) < 4.78 is 51.5. The van der Waals surface area contributed by atoms with Crippen LogP contribution in [0.15, 0.2) is 41.3 Å². The Labute approximate surface area is 178 Å². The van der Waals surface area contributed by atoms with Crippen molar-refractivity contribution in [3.8, 4) is 11.5 Å². The predicted octanol–water partition coefficient (Wildman–Crippen LogP) is 3.29. The van der Waals surface area contributed by atoms with E-state index in [0.717, 1.165) is 0 Å². The molecule has 1 amide bonds. The van der Waals surface area contributed by atoms with Crippen LogP contribution in [0.5, 0.6) is 11.5 Å². The SMILES string of the molecule is O=C(Nc1ccc(F)c(Cl)c1)C1CCN(S(=O)(=O)c2ccc3c(c2)OCCO3)CC1. The van der Waals surface area contributed by atoms with Crippen LogP contribution in [0, 0.1) is 11.7 Å². The van der Waals surface area contributed by atoms with Crippen LogP contribution in [0.3, 0.4) is 0 Å². The second kappa shape index (κ2) is 8.41. The number of amides is 1. The summed E-state index contributed by atoms with van der Waals surface area (Å²) in [6.07, 6.45) is 0.759. The molecule has 1 fully saturated rings. The van der Waals surface area contributed by atoms with Crippen molar-refractivity contribution in [2.75, 3.05) is 31.6 Å². The van der Waals surface area contributed by atoms with Gasteiger partial charge in [-0.15, -0.1) is 0 Å². The monoisotopic (exact) mass is 454 g/mol. The maximum atomic E-state index is 13.3. The quantitative estimate of drug-likeness (QED) is 0.766. The smallest absolute Gasteiger partial charge is 0.243 e. The Morgan fingerprint density at radius 1 is 1.07 bits per heavy atom. The molecule has 0 aromatic heterocycles. The molecule has 0 atom stereocenters. The number of ether oxygens (including phenoxy) is 2. The highest BCUT2D eigenvalue weighted by atomic mass is 35.5. The number of piperidine rings is 1. The van der Waals surface area contributed by atoms with Gasteiger partial charge in [0, 0.05) is 30.8 Å². The third kappa shape index (κ3) is 4.23. The molecule has 1 N–H and O–H groups in total. The number of carbonyl (C=O) groups is 1. The van der Waals surface area contributed by atoms with E-state index in [9.17, 15) is 17.6 Å². The first-order chi connectivity index (χ1) is 14.3. The van der Waals surface area contributed by atoms with Gasteiger partial charge < -0.3 is 14.8 Å². The maximum Gasteiger partial charge on any atom is 0.243 e. The van der Waals surface area contributed by atoms with Crippen molar-refractivity contribution in [2.24, 2.45) is 5.92 Å². The van der Waals surface area contributed by atoms with Gasteiger partial charge >= 0.3 is 0 Å². The van der Waals surface area contributed by atoms with Crippen LogP contribution in [0.1, 0.15) is 12.8 Å². The van der Waals surface area contributed by atoms with Crippen LogP contribution in [-0.2, 0) is 14.8 Å². The van der Waals surface area contributed by atoms with Crippen molar-refractivity contribution in [2.45, 2.75) is 17.7 Å². The van der Waals surface area contributed by atoms with Gasteiger partial charge in [0.2, 0.25) is 15.9 Å². The lowest BCUT2D eigenvalue weighted by molar-refractivity contribution is -0.120. The van der Waals surface area contributed by atoms with Crippen molar-refractivity contribution >= 4 is 33.2 Å². The van der Waals surface area contributed by atoms with E-state index in [2.05, 4.69) is 5.32 Å². The van der Waals surface area contributed by atoms with E-state index in [0.29, 0.717) is 43.2 Å². The number of sulfonamides is 1. The molecule has 2 aliphatic rings. The van der Waals surface area contributed by atoms with Crippen molar-refractivity contribution < 1.29 is 27.1 Å². The highest BCUT2D eigenvalue weighted by Crippen LogP contribution is 2.34. The van der Waals surface area contributed by atoms with Crippen LogP contribution < -0.4 is 14.8 Å². The lowest BCUT2D eigenvalue weighted by Gasteiger charge is -2.30. The van der Waals surface area contributed by atoms with Gasteiger partial charge in [0.15, 0.2) is 11.5 Å². The van der Waals surface area contributed by atoms with Gasteiger partial charge in [0.1, 0.15) is 19.0 Å². The normalized spacial score (nSPS) is 17.5. The Morgan fingerprint density at radius 3 is 2.47 bits per heavy atom. The molecule has 1 saturated heterocycles. The Bertz CT molecular complexity index is 1070. The van der Waals surface area contributed by atoms with Gasteiger partial charge in [-0.05, 0) is 43.2 Å². The van der Waals surface area contributed by atoms with E-state index >= 15 is 0 Å². The molecular formula is C20H20ClFN2O5S. The maximum absolute atomic E-state index is 13.3. The first-order valence-corrected chi connectivity index (χ1v) is 11.3. The van der Waals surface area contributed by atoms with E-state index in [4.69, 9.17) is 21.1 Å².